The molecule has 0 atom stereocenters. The Morgan fingerprint density at radius 2 is 1.56 bits per heavy atom. The predicted octanol–water partition coefficient (Wildman–Crippen LogP) is 4.82. The van der Waals surface area contributed by atoms with Crippen molar-refractivity contribution in [1.82, 2.24) is 4.98 Å². The van der Waals surface area contributed by atoms with E-state index in [1.165, 1.54) is 19.2 Å². The van der Waals surface area contributed by atoms with Gasteiger partial charge in [0, 0.05) is 22.4 Å². The first-order chi connectivity index (χ1) is 13.0. The Morgan fingerprint density at radius 3 is 2.33 bits per heavy atom. The molecule has 5 nitrogen and oxygen atoms in total. The zero-order chi connectivity index (χ0) is 19.0. The van der Waals surface area contributed by atoms with Crippen molar-refractivity contribution in [3.63, 3.8) is 0 Å². The fourth-order valence-corrected chi connectivity index (χ4v) is 4.34. The van der Waals surface area contributed by atoms with Gasteiger partial charge in [-0.15, -0.1) is 0 Å². The van der Waals surface area contributed by atoms with Crippen LogP contribution in [0.5, 0.6) is 11.5 Å². The summed E-state index contributed by atoms with van der Waals surface area (Å²) in [7, 11) is -2.57. The normalized spacial score (nSPS) is 11.6. The Morgan fingerprint density at radius 1 is 0.852 bits per heavy atom. The van der Waals surface area contributed by atoms with Crippen LogP contribution < -0.4 is 8.92 Å². The quantitative estimate of drug-likeness (QED) is 0.460. The van der Waals surface area contributed by atoms with E-state index in [9.17, 15) is 8.42 Å². The van der Waals surface area contributed by atoms with Crippen LogP contribution in [-0.4, -0.2) is 20.5 Å². The van der Waals surface area contributed by atoms with Crippen molar-refractivity contribution in [2.45, 2.75) is 4.90 Å². The number of hydrogen-bond donors (Lipinski definition) is 0. The van der Waals surface area contributed by atoms with E-state index in [1.54, 1.807) is 48.7 Å². The van der Waals surface area contributed by atoms with E-state index in [-0.39, 0.29) is 10.6 Å². The lowest BCUT2D eigenvalue weighted by molar-refractivity contribution is 0.419. The lowest BCUT2D eigenvalue weighted by Gasteiger charge is -2.13. The standard InChI is InChI=1S/C20H14ClNO4S/c1-25-17-10-11-19(14-6-3-2-5-13(14)17)27(23,24)26-18-9-8-16(21)15-7-4-12-22-20(15)18/h2-12H,1H3. The molecule has 0 aliphatic carbocycles. The highest BCUT2D eigenvalue weighted by atomic mass is 35.5. The highest BCUT2D eigenvalue weighted by molar-refractivity contribution is 7.87. The second-order valence-electron chi connectivity index (χ2n) is 5.79. The first-order valence-corrected chi connectivity index (χ1v) is 9.83. The van der Waals surface area contributed by atoms with E-state index in [1.807, 2.05) is 6.07 Å². The van der Waals surface area contributed by atoms with E-state index in [0.29, 0.717) is 32.4 Å². The Bertz CT molecular complexity index is 1270. The van der Waals surface area contributed by atoms with Crippen molar-refractivity contribution in [2.24, 2.45) is 0 Å². The third kappa shape index (κ3) is 3.07. The highest BCUT2D eigenvalue weighted by Gasteiger charge is 2.22. The van der Waals surface area contributed by atoms with Gasteiger partial charge < -0.3 is 8.92 Å². The number of ether oxygens (including phenoxy) is 1. The minimum absolute atomic E-state index is 0.0536. The number of nitrogens with zero attached hydrogens (tertiary/aromatic N) is 1. The van der Waals surface area contributed by atoms with Crippen LogP contribution in [0.15, 0.2) is 71.8 Å². The Hall–Kier alpha value is -2.83. The van der Waals surface area contributed by atoms with E-state index in [0.717, 1.165) is 0 Å². The summed E-state index contributed by atoms with van der Waals surface area (Å²) in [5.41, 5.74) is 0.381. The number of aromatic nitrogens is 1. The minimum atomic E-state index is -4.11. The molecule has 0 amide bonds. The van der Waals surface area contributed by atoms with Gasteiger partial charge in [-0.2, -0.15) is 8.42 Å². The average Bonchev–Trinajstić information content (AvgIpc) is 2.69. The van der Waals surface area contributed by atoms with E-state index in [4.69, 9.17) is 20.5 Å². The summed E-state index contributed by atoms with van der Waals surface area (Å²) in [4.78, 5) is 4.27. The van der Waals surface area contributed by atoms with E-state index in [2.05, 4.69) is 4.98 Å². The summed E-state index contributed by atoms with van der Waals surface area (Å²) in [6.07, 6.45) is 1.56. The van der Waals surface area contributed by atoms with Crippen molar-refractivity contribution >= 4 is 43.4 Å². The van der Waals surface area contributed by atoms with Crippen LogP contribution in [0, 0.1) is 0 Å². The molecule has 4 rings (SSSR count). The molecular formula is C20H14ClNO4S. The van der Waals surface area contributed by atoms with Gasteiger partial charge in [-0.1, -0.05) is 35.9 Å². The molecule has 0 aliphatic heterocycles. The molecule has 0 spiro atoms. The first kappa shape index (κ1) is 17.6. The summed E-state index contributed by atoms with van der Waals surface area (Å²) < 4.78 is 36.8. The van der Waals surface area contributed by atoms with Crippen LogP contribution in [0.25, 0.3) is 21.7 Å². The molecule has 0 saturated carbocycles. The largest absolute Gasteiger partial charge is 0.496 e. The average molecular weight is 400 g/mol. The highest BCUT2D eigenvalue weighted by Crippen LogP contribution is 2.35. The summed E-state index contributed by atoms with van der Waals surface area (Å²) in [6, 6.07) is 16.7. The van der Waals surface area contributed by atoms with Crippen LogP contribution in [0.3, 0.4) is 0 Å². The van der Waals surface area contributed by atoms with Gasteiger partial charge in [-0.05, 0) is 36.4 Å². The molecule has 7 heteroatoms. The maximum atomic E-state index is 13.0. The molecule has 27 heavy (non-hydrogen) atoms. The maximum Gasteiger partial charge on any atom is 0.339 e. The van der Waals surface area contributed by atoms with Gasteiger partial charge in [0.2, 0.25) is 0 Å². The Balaban J connectivity index is 1.87. The van der Waals surface area contributed by atoms with Gasteiger partial charge in [0.15, 0.2) is 5.75 Å². The third-order valence-corrected chi connectivity index (χ3v) is 5.84. The third-order valence-electron chi connectivity index (χ3n) is 4.21. The first-order valence-electron chi connectivity index (χ1n) is 8.05. The second kappa shape index (κ2) is 6.72. The number of methoxy groups -OCH3 is 1. The van der Waals surface area contributed by atoms with Crippen LogP contribution in [0.2, 0.25) is 5.02 Å². The summed E-state index contributed by atoms with van der Waals surface area (Å²) in [5.74, 6) is 0.707. The summed E-state index contributed by atoms with van der Waals surface area (Å²) in [5, 5.41) is 2.29. The van der Waals surface area contributed by atoms with E-state index < -0.39 is 10.1 Å². The molecule has 136 valence electrons. The fourth-order valence-electron chi connectivity index (χ4n) is 2.98. The molecule has 1 heterocycles. The zero-order valence-corrected chi connectivity index (χ0v) is 15.8. The molecule has 4 aromatic rings. The lowest BCUT2D eigenvalue weighted by atomic mass is 10.1. The molecule has 0 fully saturated rings. The van der Waals surface area contributed by atoms with Crippen molar-refractivity contribution in [2.75, 3.05) is 7.11 Å². The monoisotopic (exact) mass is 399 g/mol. The number of rotatable bonds is 4. The molecule has 0 saturated heterocycles. The van der Waals surface area contributed by atoms with Gasteiger partial charge in [0.25, 0.3) is 0 Å². The number of fused-ring (bicyclic) bond motifs is 2. The topological polar surface area (TPSA) is 65.5 Å². The van der Waals surface area contributed by atoms with Crippen molar-refractivity contribution in [3.8, 4) is 11.5 Å². The molecular weight excluding hydrogens is 386 g/mol. The molecule has 1 aromatic heterocycles. The summed E-state index contributed by atoms with van der Waals surface area (Å²) >= 11 is 6.17. The van der Waals surface area contributed by atoms with Crippen molar-refractivity contribution in [3.05, 3.63) is 71.9 Å². The van der Waals surface area contributed by atoms with Crippen molar-refractivity contribution in [1.29, 1.82) is 0 Å². The molecule has 0 N–H and O–H groups in total. The van der Waals surface area contributed by atoms with Crippen LogP contribution in [0.1, 0.15) is 0 Å². The number of benzene rings is 3. The number of halogens is 1. The lowest BCUT2D eigenvalue weighted by Crippen LogP contribution is -2.11. The Kier molecular flexibility index (Phi) is 4.37. The molecule has 0 radical (unpaired) electrons. The van der Waals surface area contributed by atoms with Gasteiger partial charge in [0.1, 0.15) is 16.2 Å². The van der Waals surface area contributed by atoms with Gasteiger partial charge in [-0.25, -0.2) is 0 Å². The van der Waals surface area contributed by atoms with Crippen LogP contribution >= 0.6 is 11.6 Å². The zero-order valence-electron chi connectivity index (χ0n) is 14.2. The SMILES string of the molecule is COc1ccc(S(=O)(=O)Oc2ccc(Cl)c3cccnc23)c2ccccc12. The number of pyridine rings is 1. The van der Waals surface area contributed by atoms with Gasteiger partial charge >= 0.3 is 10.1 Å². The van der Waals surface area contributed by atoms with Crippen LogP contribution in [0.4, 0.5) is 0 Å². The van der Waals surface area contributed by atoms with Crippen molar-refractivity contribution < 1.29 is 17.3 Å². The molecule has 0 unspecified atom stereocenters. The maximum absolute atomic E-state index is 13.0. The Labute approximate surface area is 161 Å². The fraction of sp³-hybridized carbons (Fsp3) is 0.0500. The minimum Gasteiger partial charge on any atom is -0.496 e. The number of hydrogen-bond acceptors (Lipinski definition) is 5. The van der Waals surface area contributed by atoms with Crippen LogP contribution in [-0.2, 0) is 10.1 Å². The van der Waals surface area contributed by atoms with E-state index >= 15 is 0 Å². The molecule has 0 aliphatic rings. The van der Waals surface area contributed by atoms with Gasteiger partial charge in [-0.3, -0.25) is 4.98 Å². The molecule has 3 aromatic carbocycles. The van der Waals surface area contributed by atoms with Gasteiger partial charge in [0.05, 0.1) is 12.1 Å². The predicted molar refractivity (Wildman–Crippen MR) is 105 cm³/mol. The smallest absolute Gasteiger partial charge is 0.339 e. The second-order valence-corrected chi connectivity index (χ2v) is 7.72. The molecule has 0 bridgehead atoms. The summed E-state index contributed by atoms with van der Waals surface area (Å²) in [6.45, 7) is 0.